The van der Waals surface area contributed by atoms with Gasteiger partial charge in [0.1, 0.15) is 0 Å². The first-order chi connectivity index (χ1) is 9.16. The van der Waals surface area contributed by atoms with Crippen molar-refractivity contribution in [3.05, 3.63) is 0 Å². The van der Waals surface area contributed by atoms with Gasteiger partial charge in [-0.3, -0.25) is 9.69 Å². The molecule has 2 aliphatic rings. The molecular formula is C14H26N2O3. The molecule has 1 atom stereocenters. The quantitative estimate of drug-likeness (QED) is 0.827. The molecule has 0 spiro atoms. The predicted molar refractivity (Wildman–Crippen MR) is 73.3 cm³/mol. The van der Waals surface area contributed by atoms with Crippen molar-refractivity contribution in [1.82, 2.24) is 9.80 Å². The summed E-state index contributed by atoms with van der Waals surface area (Å²) in [4.78, 5) is 16.1. The van der Waals surface area contributed by atoms with Gasteiger partial charge in [0.05, 0.1) is 19.6 Å². The Labute approximate surface area is 115 Å². The van der Waals surface area contributed by atoms with E-state index in [-0.39, 0.29) is 12.0 Å². The average Bonchev–Trinajstić information content (AvgIpc) is 2.62. The van der Waals surface area contributed by atoms with E-state index in [0.29, 0.717) is 0 Å². The summed E-state index contributed by atoms with van der Waals surface area (Å²) in [5, 5.41) is 9.30. The highest BCUT2D eigenvalue weighted by atomic mass is 16.5. The highest BCUT2D eigenvalue weighted by Gasteiger charge is 2.40. The number of hydrogen-bond donors (Lipinski definition) is 1. The normalized spacial score (nSPS) is 31.0. The van der Waals surface area contributed by atoms with Crippen molar-refractivity contribution in [3.63, 3.8) is 0 Å². The number of aliphatic carboxylic acids is 1. The molecule has 19 heavy (non-hydrogen) atoms. The maximum absolute atomic E-state index is 11.3. The van der Waals surface area contributed by atoms with Gasteiger partial charge in [-0.2, -0.15) is 0 Å². The number of carboxylic acids is 1. The van der Waals surface area contributed by atoms with Crippen molar-refractivity contribution in [2.45, 2.75) is 38.1 Å². The Balaban J connectivity index is 2.11. The van der Waals surface area contributed by atoms with E-state index in [4.69, 9.17) is 4.74 Å². The van der Waals surface area contributed by atoms with E-state index >= 15 is 0 Å². The molecule has 1 N–H and O–H groups in total. The smallest absolute Gasteiger partial charge is 0.305 e. The van der Waals surface area contributed by atoms with E-state index in [1.807, 2.05) is 0 Å². The molecule has 0 bridgehead atoms. The summed E-state index contributed by atoms with van der Waals surface area (Å²) < 4.78 is 5.41. The van der Waals surface area contributed by atoms with E-state index in [1.165, 1.54) is 0 Å². The minimum Gasteiger partial charge on any atom is -0.481 e. The van der Waals surface area contributed by atoms with Crippen LogP contribution in [0, 0.1) is 0 Å². The van der Waals surface area contributed by atoms with Crippen molar-refractivity contribution in [1.29, 1.82) is 0 Å². The van der Waals surface area contributed by atoms with Crippen LogP contribution < -0.4 is 0 Å². The Hall–Kier alpha value is -0.650. The van der Waals surface area contributed by atoms with Gasteiger partial charge in [0, 0.05) is 18.6 Å². The van der Waals surface area contributed by atoms with Crippen LogP contribution in [-0.4, -0.2) is 72.4 Å². The SMILES string of the molecule is CCN1CCCC(CC(=O)O)(N2CCOCC2)CC1. The van der Waals surface area contributed by atoms with E-state index in [2.05, 4.69) is 16.7 Å². The van der Waals surface area contributed by atoms with Crippen LogP contribution in [0.2, 0.25) is 0 Å². The van der Waals surface area contributed by atoms with Crippen LogP contribution in [0.1, 0.15) is 32.6 Å². The second-order valence-electron chi connectivity index (χ2n) is 5.68. The molecule has 0 aromatic heterocycles. The van der Waals surface area contributed by atoms with Gasteiger partial charge in [-0.15, -0.1) is 0 Å². The maximum atomic E-state index is 11.3. The maximum Gasteiger partial charge on any atom is 0.305 e. The molecule has 0 aromatic rings. The van der Waals surface area contributed by atoms with E-state index in [9.17, 15) is 9.90 Å². The Kier molecular flexibility index (Phi) is 5.19. The fraction of sp³-hybridized carbons (Fsp3) is 0.929. The number of carboxylic acid groups (broad SMARTS) is 1. The van der Waals surface area contributed by atoms with Gasteiger partial charge in [-0.1, -0.05) is 6.92 Å². The first-order valence-electron chi connectivity index (χ1n) is 7.43. The summed E-state index contributed by atoms with van der Waals surface area (Å²) >= 11 is 0. The van der Waals surface area contributed by atoms with Gasteiger partial charge in [0.15, 0.2) is 0 Å². The Morgan fingerprint density at radius 3 is 2.58 bits per heavy atom. The first-order valence-corrected chi connectivity index (χ1v) is 7.43. The summed E-state index contributed by atoms with van der Waals surface area (Å²) in [6.07, 6.45) is 3.33. The molecule has 2 saturated heterocycles. The van der Waals surface area contributed by atoms with Crippen LogP contribution in [0.4, 0.5) is 0 Å². The van der Waals surface area contributed by atoms with Crippen LogP contribution in [0.3, 0.4) is 0 Å². The predicted octanol–water partition coefficient (Wildman–Crippen LogP) is 1.04. The third kappa shape index (κ3) is 3.68. The molecule has 2 heterocycles. The van der Waals surface area contributed by atoms with E-state index < -0.39 is 5.97 Å². The van der Waals surface area contributed by atoms with Crippen LogP contribution in [0.5, 0.6) is 0 Å². The van der Waals surface area contributed by atoms with Crippen molar-refractivity contribution in [3.8, 4) is 0 Å². The van der Waals surface area contributed by atoms with Crippen LogP contribution in [0.25, 0.3) is 0 Å². The monoisotopic (exact) mass is 270 g/mol. The lowest BCUT2D eigenvalue weighted by Gasteiger charge is -2.44. The molecule has 0 saturated carbocycles. The number of nitrogens with zero attached hydrogens (tertiary/aromatic N) is 2. The zero-order chi connectivity index (χ0) is 13.7. The Bertz CT molecular complexity index is 305. The zero-order valence-electron chi connectivity index (χ0n) is 11.9. The standard InChI is InChI=1S/C14H26N2O3/c1-2-15-6-3-4-14(5-7-15,12-13(17)18)16-8-10-19-11-9-16/h2-12H2,1H3,(H,17,18). The molecule has 5 heteroatoms. The molecule has 1 unspecified atom stereocenters. The zero-order valence-corrected chi connectivity index (χ0v) is 11.9. The van der Waals surface area contributed by atoms with Gasteiger partial charge in [-0.25, -0.2) is 0 Å². The third-order valence-electron chi connectivity index (χ3n) is 4.62. The van der Waals surface area contributed by atoms with Crippen LogP contribution in [0.15, 0.2) is 0 Å². The van der Waals surface area contributed by atoms with Crippen molar-refractivity contribution >= 4 is 5.97 Å². The van der Waals surface area contributed by atoms with Gasteiger partial charge >= 0.3 is 5.97 Å². The molecule has 2 aliphatic heterocycles. The van der Waals surface area contributed by atoms with Gasteiger partial charge in [0.2, 0.25) is 0 Å². The summed E-state index contributed by atoms with van der Waals surface area (Å²) in [5.74, 6) is -0.670. The number of carbonyl (C=O) groups is 1. The van der Waals surface area contributed by atoms with E-state index in [1.54, 1.807) is 0 Å². The number of ether oxygens (including phenoxy) is 1. The van der Waals surface area contributed by atoms with Crippen LogP contribution in [-0.2, 0) is 9.53 Å². The number of likely N-dealkylation sites (tertiary alicyclic amines) is 1. The minimum absolute atomic E-state index is 0.153. The molecule has 0 aliphatic carbocycles. The summed E-state index contributed by atoms with van der Waals surface area (Å²) in [6.45, 7) is 8.57. The van der Waals surface area contributed by atoms with Crippen molar-refractivity contribution in [2.75, 3.05) is 45.9 Å². The largest absolute Gasteiger partial charge is 0.481 e. The topological polar surface area (TPSA) is 53.0 Å². The van der Waals surface area contributed by atoms with Gasteiger partial charge in [-0.05, 0) is 38.9 Å². The van der Waals surface area contributed by atoms with Gasteiger partial charge < -0.3 is 14.7 Å². The van der Waals surface area contributed by atoms with Gasteiger partial charge in [0.25, 0.3) is 0 Å². The first kappa shape index (κ1) is 14.8. The lowest BCUT2D eigenvalue weighted by molar-refractivity contribution is -0.142. The number of morpholine rings is 1. The summed E-state index contributed by atoms with van der Waals surface area (Å²) in [6, 6.07) is 0. The lowest BCUT2D eigenvalue weighted by Crippen LogP contribution is -2.55. The molecule has 0 amide bonds. The second-order valence-corrected chi connectivity index (χ2v) is 5.68. The highest BCUT2D eigenvalue weighted by molar-refractivity contribution is 5.68. The molecule has 0 aromatic carbocycles. The molecule has 2 fully saturated rings. The fourth-order valence-corrected chi connectivity index (χ4v) is 3.47. The molecular weight excluding hydrogens is 244 g/mol. The van der Waals surface area contributed by atoms with Crippen LogP contribution >= 0.6 is 0 Å². The molecule has 2 rings (SSSR count). The number of rotatable bonds is 4. The summed E-state index contributed by atoms with van der Waals surface area (Å²) in [5.41, 5.74) is -0.153. The van der Waals surface area contributed by atoms with Crippen molar-refractivity contribution in [2.24, 2.45) is 0 Å². The molecule has 0 radical (unpaired) electrons. The lowest BCUT2D eigenvalue weighted by atomic mass is 9.84. The second kappa shape index (κ2) is 6.68. The fourth-order valence-electron chi connectivity index (χ4n) is 3.47. The average molecular weight is 270 g/mol. The molecule has 5 nitrogen and oxygen atoms in total. The van der Waals surface area contributed by atoms with Crippen molar-refractivity contribution < 1.29 is 14.6 Å². The van der Waals surface area contributed by atoms with E-state index in [0.717, 1.165) is 65.2 Å². The Morgan fingerprint density at radius 1 is 1.21 bits per heavy atom. The third-order valence-corrected chi connectivity index (χ3v) is 4.62. The Morgan fingerprint density at radius 2 is 1.95 bits per heavy atom. The summed E-state index contributed by atoms with van der Waals surface area (Å²) in [7, 11) is 0. The molecule has 110 valence electrons. The number of hydrogen-bond acceptors (Lipinski definition) is 4. The minimum atomic E-state index is -0.670. The highest BCUT2D eigenvalue weighted by Crippen LogP contribution is 2.33.